The largest absolute Gasteiger partial charge is 0.271 e. The second-order valence-electron chi connectivity index (χ2n) is 7.95. The fourth-order valence-corrected chi connectivity index (χ4v) is 4.42. The third-order valence-electron chi connectivity index (χ3n) is 6.07. The van der Waals surface area contributed by atoms with Gasteiger partial charge in [0.15, 0.2) is 5.65 Å². The zero-order chi connectivity index (χ0) is 19.1. The first-order chi connectivity index (χ1) is 13.4. The molecule has 0 spiro atoms. The van der Waals surface area contributed by atoms with Crippen molar-refractivity contribution in [2.24, 2.45) is 5.92 Å². The Morgan fingerprint density at radius 3 is 2.75 bits per heavy atom. The summed E-state index contributed by atoms with van der Waals surface area (Å²) in [5.74, 6) is -3.12. The Bertz CT molecular complexity index is 1240. The van der Waals surface area contributed by atoms with Crippen molar-refractivity contribution in [3.8, 4) is 0 Å². The maximum absolute atomic E-state index is 13.2. The van der Waals surface area contributed by atoms with E-state index in [1.807, 2.05) is 18.3 Å². The molecule has 1 aromatic carbocycles. The van der Waals surface area contributed by atoms with Crippen molar-refractivity contribution in [1.82, 2.24) is 24.4 Å². The summed E-state index contributed by atoms with van der Waals surface area (Å²) in [6.45, 7) is 0.261. The summed E-state index contributed by atoms with van der Waals surface area (Å²) in [6.07, 6.45) is 7.31. The number of hydrogen-bond donors (Lipinski definition) is 0. The molecular weight excluding hydrogens is 384 g/mol. The van der Waals surface area contributed by atoms with Gasteiger partial charge in [0, 0.05) is 53.8 Å². The zero-order valence-electron chi connectivity index (χ0n) is 14.8. The van der Waals surface area contributed by atoms with Crippen molar-refractivity contribution in [2.45, 2.75) is 37.1 Å². The Balaban J connectivity index is 1.41. The van der Waals surface area contributed by atoms with Gasteiger partial charge in [-0.3, -0.25) is 4.68 Å². The molecule has 0 radical (unpaired) electrons. The predicted octanol–water partition coefficient (Wildman–Crippen LogP) is 4.47. The number of alkyl halides is 2. The summed E-state index contributed by atoms with van der Waals surface area (Å²) < 4.78 is 29.8. The van der Waals surface area contributed by atoms with Crippen molar-refractivity contribution in [1.29, 1.82) is 0 Å². The van der Waals surface area contributed by atoms with Crippen LogP contribution in [0.2, 0.25) is 5.15 Å². The number of imidazole rings is 1. The van der Waals surface area contributed by atoms with Crippen molar-refractivity contribution in [2.75, 3.05) is 0 Å². The highest BCUT2D eigenvalue weighted by molar-refractivity contribution is 6.29. The van der Waals surface area contributed by atoms with Gasteiger partial charge in [-0.05, 0) is 30.5 Å². The maximum Gasteiger partial charge on any atom is 0.253 e. The molecule has 4 aromatic rings. The van der Waals surface area contributed by atoms with E-state index >= 15 is 0 Å². The lowest BCUT2D eigenvalue weighted by atomic mass is 9.88. The van der Waals surface area contributed by atoms with Crippen LogP contribution >= 0.6 is 11.6 Å². The minimum atomic E-state index is -2.53. The molecule has 2 fully saturated rings. The molecule has 0 N–H and O–H groups in total. The molecule has 2 saturated carbocycles. The fourth-order valence-electron chi connectivity index (χ4n) is 4.23. The van der Waals surface area contributed by atoms with E-state index in [0.717, 1.165) is 40.5 Å². The predicted molar refractivity (Wildman–Crippen MR) is 101 cm³/mol. The number of fused-ring (bicyclic) bond motifs is 2. The fraction of sp³-hybridized carbons (Fsp3) is 0.350. The smallest absolute Gasteiger partial charge is 0.253 e. The van der Waals surface area contributed by atoms with Gasteiger partial charge in [0.2, 0.25) is 0 Å². The highest BCUT2D eigenvalue weighted by Gasteiger charge is 2.56. The van der Waals surface area contributed by atoms with Gasteiger partial charge in [0.05, 0.1) is 5.52 Å². The van der Waals surface area contributed by atoms with Gasteiger partial charge in [-0.25, -0.2) is 18.3 Å². The van der Waals surface area contributed by atoms with Gasteiger partial charge >= 0.3 is 0 Å². The SMILES string of the molecule is FC1(F)C[C@H]1Cn1cc2ccc(C3(c4cc(Cl)nn5ccnc45)CC3)cc2n1. The molecule has 0 unspecified atom stereocenters. The first kappa shape index (κ1) is 16.4. The van der Waals surface area contributed by atoms with Crippen molar-refractivity contribution >= 4 is 28.2 Å². The van der Waals surface area contributed by atoms with E-state index in [-0.39, 0.29) is 18.4 Å². The third kappa shape index (κ3) is 2.38. The number of halogens is 3. The Morgan fingerprint density at radius 2 is 2.00 bits per heavy atom. The monoisotopic (exact) mass is 399 g/mol. The normalized spacial score (nSPS) is 22.0. The van der Waals surface area contributed by atoms with E-state index < -0.39 is 11.8 Å². The van der Waals surface area contributed by atoms with E-state index in [9.17, 15) is 8.78 Å². The van der Waals surface area contributed by atoms with Crippen LogP contribution in [0.3, 0.4) is 0 Å². The molecule has 0 aliphatic heterocycles. The Kier molecular flexibility index (Phi) is 3.10. The molecule has 142 valence electrons. The molecule has 0 bridgehead atoms. The second-order valence-corrected chi connectivity index (χ2v) is 8.33. The molecule has 5 nitrogen and oxygen atoms in total. The number of rotatable bonds is 4. The van der Waals surface area contributed by atoms with Crippen LogP contribution in [0.15, 0.2) is 42.9 Å². The van der Waals surface area contributed by atoms with Crippen molar-refractivity contribution in [3.05, 3.63) is 59.1 Å². The van der Waals surface area contributed by atoms with E-state index in [2.05, 4.69) is 27.3 Å². The maximum atomic E-state index is 13.2. The highest BCUT2D eigenvalue weighted by Crippen LogP contribution is 2.55. The molecule has 3 aromatic heterocycles. The molecule has 3 heterocycles. The lowest BCUT2D eigenvalue weighted by Gasteiger charge is -2.17. The van der Waals surface area contributed by atoms with Gasteiger partial charge in [0.1, 0.15) is 5.15 Å². The summed E-state index contributed by atoms with van der Waals surface area (Å²) >= 11 is 6.24. The minimum Gasteiger partial charge on any atom is -0.271 e. The van der Waals surface area contributed by atoms with Crippen LogP contribution in [0, 0.1) is 5.92 Å². The average Bonchev–Trinajstić information content (AvgIpc) is 3.42. The molecule has 28 heavy (non-hydrogen) atoms. The first-order valence-corrected chi connectivity index (χ1v) is 9.68. The lowest BCUT2D eigenvalue weighted by molar-refractivity contribution is 0.0943. The van der Waals surface area contributed by atoms with Crippen molar-refractivity contribution < 1.29 is 8.78 Å². The van der Waals surface area contributed by atoms with Crippen LogP contribution in [-0.4, -0.2) is 30.3 Å². The van der Waals surface area contributed by atoms with Gasteiger partial charge < -0.3 is 0 Å². The molecule has 8 heteroatoms. The van der Waals surface area contributed by atoms with Crippen LogP contribution in [0.25, 0.3) is 16.6 Å². The molecule has 6 rings (SSSR count). The molecule has 2 aliphatic carbocycles. The first-order valence-electron chi connectivity index (χ1n) is 9.31. The van der Waals surface area contributed by atoms with Crippen molar-refractivity contribution in [3.63, 3.8) is 0 Å². The molecule has 2 aliphatic rings. The van der Waals surface area contributed by atoms with Crippen LogP contribution in [0.4, 0.5) is 8.78 Å². The van der Waals surface area contributed by atoms with Gasteiger partial charge in [0.25, 0.3) is 5.92 Å². The van der Waals surface area contributed by atoms with Crippen LogP contribution in [-0.2, 0) is 12.0 Å². The van der Waals surface area contributed by atoms with Gasteiger partial charge in [-0.2, -0.15) is 10.2 Å². The standard InChI is InChI=1S/C20H16ClF2N5/c21-17-8-15(18-24-5-6-28(18)26-17)19(3-4-19)13-2-1-12-10-27(25-16(12)7-13)11-14-9-20(14,22)23/h1-2,5-8,10,14H,3-4,9,11H2/t14-/m0/s1. The summed E-state index contributed by atoms with van der Waals surface area (Å²) in [5, 5.41) is 10.2. The number of benzene rings is 1. The zero-order valence-corrected chi connectivity index (χ0v) is 15.6. The Labute approximate surface area is 163 Å². The number of nitrogens with zero attached hydrogens (tertiary/aromatic N) is 5. The molecule has 0 saturated heterocycles. The minimum absolute atomic E-state index is 0.0410. The summed E-state index contributed by atoms with van der Waals surface area (Å²) in [5.41, 5.74) is 3.69. The lowest BCUT2D eigenvalue weighted by Crippen LogP contribution is -2.12. The van der Waals surface area contributed by atoms with Crippen LogP contribution < -0.4 is 0 Å². The molecule has 1 atom stereocenters. The third-order valence-corrected chi connectivity index (χ3v) is 6.25. The van der Waals surface area contributed by atoms with Crippen LogP contribution in [0.1, 0.15) is 30.4 Å². The highest BCUT2D eigenvalue weighted by atomic mass is 35.5. The molecular formula is C20H16ClF2N5. The number of aromatic nitrogens is 5. The van der Waals surface area contributed by atoms with E-state index in [1.54, 1.807) is 21.6 Å². The average molecular weight is 400 g/mol. The summed E-state index contributed by atoms with van der Waals surface area (Å²) in [6, 6.07) is 8.08. The number of hydrogen-bond acceptors (Lipinski definition) is 3. The van der Waals surface area contributed by atoms with Gasteiger partial charge in [-0.1, -0.05) is 23.7 Å². The Hall–Kier alpha value is -2.54. The quantitative estimate of drug-likeness (QED) is 0.508. The Morgan fingerprint density at radius 1 is 1.18 bits per heavy atom. The summed E-state index contributed by atoms with van der Waals surface area (Å²) in [4.78, 5) is 4.46. The summed E-state index contributed by atoms with van der Waals surface area (Å²) in [7, 11) is 0. The molecule has 0 amide bonds. The van der Waals surface area contributed by atoms with E-state index in [1.165, 1.54) is 0 Å². The second kappa shape index (κ2) is 5.29. The van der Waals surface area contributed by atoms with E-state index in [0.29, 0.717) is 5.15 Å². The van der Waals surface area contributed by atoms with Gasteiger partial charge in [-0.15, -0.1) is 0 Å². The van der Waals surface area contributed by atoms with Crippen LogP contribution in [0.5, 0.6) is 0 Å². The van der Waals surface area contributed by atoms with E-state index in [4.69, 9.17) is 11.6 Å². The topological polar surface area (TPSA) is 48.0 Å².